The minimum atomic E-state index is -3.17. The summed E-state index contributed by atoms with van der Waals surface area (Å²) < 4.78 is 13.9. The lowest BCUT2D eigenvalue weighted by atomic mass is 9.91. The van der Waals surface area contributed by atoms with Crippen LogP contribution in [0.5, 0.6) is 0 Å². The zero-order valence-corrected chi connectivity index (χ0v) is 26.6. The van der Waals surface area contributed by atoms with Gasteiger partial charge in [0, 0.05) is 21.2 Å². The van der Waals surface area contributed by atoms with Crippen molar-refractivity contribution in [2.24, 2.45) is 0 Å². The molecule has 8 aromatic rings. The molecule has 0 amide bonds. The molecule has 0 unspecified atom stereocenters. The van der Waals surface area contributed by atoms with Gasteiger partial charge in [0.15, 0.2) is 8.07 Å². The van der Waals surface area contributed by atoms with Gasteiger partial charge >= 0.3 is 0 Å². The fourth-order valence-electron chi connectivity index (χ4n) is 7.48. The molecule has 0 radical (unpaired) electrons. The van der Waals surface area contributed by atoms with Crippen LogP contribution >= 0.6 is 0 Å². The molecule has 0 N–H and O–H groups in total. The van der Waals surface area contributed by atoms with Crippen LogP contribution in [0.15, 0.2) is 191 Å². The maximum atomic E-state index is 6.95. The maximum Gasteiger partial charge on any atom is 0.189 e. The lowest BCUT2D eigenvalue weighted by Crippen LogP contribution is -2.59. The molecule has 3 heteroatoms. The molecule has 0 atom stereocenters. The van der Waals surface area contributed by atoms with Gasteiger partial charge in [-0.25, -0.2) is 0 Å². The van der Waals surface area contributed by atoms with Crippen molar-refractivity contribution in [2.45, 2.75) is 0 Å². The zero-order valence-electron chi connectivity index (χ0n) is 25.6. The van der Waals surface area contributed by atoms with E-state index >= 15 is 0 Å². The molecule has 0 aliphatic carbocycles. The second-order valence-corrected chi connectivity index (χ2v) is 15.7. The van der Waals surface area contributed by atoms with Crippen LogP contribution < -0.4 is 10.4 Å². The number of para-hydroxylation sites is 2. The van der Waals surface area contributed by atoms with Gasteiger partial charge in [-0.15, -0.1) is 0 Å². The minimum Gasteiger partial charge on any atom is -0.457 e. The van der Waals surface area contributed by atoms with E-state index in [1.54, 1.807) is 0 Å². The summed E-state index contributed by atoms with van der Waals surface area (Å²) >= 11 is 0. The molecular weight excluding hydrogens is 589 g/mol. The van der Waals surface area contributed by atoms with E-state index < -0.39 is 8.07 Å². The van der Waals surface area contributed by atoms with Gasteiger partial charge in [-0.05, 0) is 56.9 Å². The Labute approximate surface area is 274 Å². The molecule has 3 heterocycles. The third-order valence-corrected chi connectivity index (χ3v) is 14.3. The van der Waals surface area contributed by atoms with Gasteiger partial charge in [0.25, 0.3) is 0 Å². The van der Waals surface area contributed by atoms with Crippen LogP contribution in [0.2, 0.25) is 0 Å². The van der Waals surface area contributed by atoms with Crippen molar-refractivity contribution in [3.63, 3.8) is 0 Å². The van der Waals surface area contributed by atoms with Gasteiger partial charge in [0.05, 0.1) is 0 Å². The van der Waals surface area contributed by atoms with Gasteiger partial charge < -0.3 is 8.83 Å². The molecule has 1 aliphatic rings. The molecule has 0 fully saturated rings. The Morgan fingerprint density at radius 3 is 1.06 bits per heavy atom. The lowest BCUT2D eigenvalue weighted by molar-refractivity contribution is 0.601. The van der Waals surface area contributed by atoms with Crippen molar-refractivity contribution in [3.05, 3.63) is 205 Å². The highest BCUT2D eigenvalue weighted by Gasteiger charge is 2.55. The van der Waals surface area contributed by atoms with E-state index in [0.717, 1.165) is 44.6 Å². The Kier molecular flexibility index (Phi) is 6.51. The van der Waals surface area contributed by atoms with Crippen LogP contribution in [-0.2, 0) is 0 Å². The van der Waals surface area contributed by atoms with E-state index in [9.17, 15) is 0 Å². The van der Waals surface area contributed by atoms with Gasteiger partial charge in [-0.3, -0.25) is 0 Å². The number of benzene rings is 6. The monoisotopic (exact) mass is 618 g/mol. The normalized spacial score (nSPS) is 14.4. The quantitative estimate of drug-likeness (QED) is 0.173. The van der Waals surface area contributed by atoms with Crippen LogP contribution in [-0.4, -0.2) is 8.07 Å². The summed E-state index contributed by atoms with van der Waals surface area (Å²) in [5, 5.41) is 7.18. The van der Waals surface area contributed by atoms with Gasteiger partial charge in [-0.1, -0.05) is 158 Å². The highest BCUT2D eigenvalue weighted by atomic mass is 28.3. The fourth-order valence-corrected chi connectivity index (χ4v) is 12.9. The number of fused-ring (bicyclic) bond motifs is 2. The standard InChI is InChI=1S/C44H30O2Si/c1-5-17-31(18-6-1)41-42(32-19-7-2-8-20-32)44(40-30-34-22-14-16-28-38(34)46-40)47(35-23-9-3-10-24-35,36-25-11-4-12-26-36)43(41)39-29-33-21-13-15-27-37(33)45-39/h1-30H. The van der Waals surface area contributed by atoms with Crippen molar-refractivity contribution >= 4 is 61.9 Å². The largest absolute Gasteiger partial charge is 0.457 e. The predicted octanol–water partition coefficient (Wildman–Crippen LogP) is 10.1. The Bertz CT molecular complexity index is 2190. The summed E-state index contributed by atoms with van der Waals surface area (Å²) in [5.41, 5.74) is 6.43. The topological polar surface area (TPSA) is 26.3 Å². The Balaban J connectivity index is 1.55. The average molecular weight is 619 g/mol. The van der Waals surface area contributed by atoms with Crippen LogP contribution in [0.3, 0.4) is 0 Å². The summed E-state index contributed by atoms with van der Waals surface area (Å²) in [7, 11) is -3.17. The summed E-state index contributed by atoms with van der Waals surface area (Å²) in [6.45, 7) is 0. The van der Waals surface area contributed by atoms with Crippen LogP contribution in [0, 0.1) is 0 Å². The summed E-state index contributed by atoms with van der Waals surface area (Å²) in [5.74, 6) is 1.79. The Hall–Kier alpha value is -5.90. The second-order valence-electron chi connectivity index (χ2n) is 12.0. The summed E-state index contributed by atoms with van der Waals surface area (Å²) in [4.78, 5) is 0. The average Bonchev–Trinajstić information content (AvgIpc) is 3.85. The molecule has 0 saturated heterocycles. The van der Waals surface area contributed by atoms with E-state index in [2.05, 4.69) is 170 Å². The molecule has 6 aromatic carbocycles. The van der Waals surface area contributed by atoms with Crippen LogP contribution in [0.4, 0.5) is 0 Å². The zero-order chi connectivity index (χ0) is 31.2. The van der Waals surface area contributed by atoms with Crippen LogP contribution in [0.1, 0.15) is 22.6 Å². The molecule has 2 aromatic heterocycles. The highest BCUT2D eigenvalue weighted by molar-refractivity contribution is 7.29. The van der Waals surface area contributed by atoms with Crippen LogP contribution in [0.25, 0.3) is 43.5 Å². The van der Waals surface area contributed by atoms with Crippen molar-refractivity contribution < 1.29 is 8.83 Å². The highest BCUT2D eigenvalue weighted by Crippen LogP contribution is 2.56. The molecule has 2 nitrogen and oxygen atoms in total. The molecule has 222 valence electrons. The fraction of sp³-hybridized carbons (Fsp3) is 0. The van der Waals surface area contributed by atoms with Gasteiger partial charge in [-0.2, -0.15) is 0 Å². The Morgan fingerprint density at radius 2 is 0.681 bits per heavy atom. The third kappa shape index (κ3) is 4.32. The van der Waals surface area contributed by atoms with E-state index in [4.69, 9.17) is 8.83 Å². The summed E-state index contributed by atoms with van der Waals surface area (Å²) in [6, 6.07) is 64.9. The first-order valence-corrected chi connectivity index (χ1v) is 18.0. The first-order valence-electron chi connectivity index (χ1n) is 16.0. The van der Waals surface area contributed by atoms with Crippen molar-refractivity contribution in [1.82, 2.24) is 0 Å². The van der Waals surface area contributed by atoms with E-state index in [1.165, 1.54) is 31.9 Å². The number of furan rings is 2. The SMILES string of the molecule is c1ccc(C2=C(c3cc4ccccc4o3)[Si](c3ccccc3)(c3ccccc3)C(c3cc4ccccc4o3)=C2c2ccccc2)cc1. The lowest BCUT2D eigenvalue weighted by Gasteiger charge is -2.34. The molecular formula is C44H30O2Si. The van der Waals surface area contributed by atoms with Gasteiger partial charge in [0.2, 0.25) is 0 Å². The molecule has 0 saturated carbocycles. The molecule has 1 aliphatic heterocycles. The molecule has 9 rings (SSSR count). The Morgan fingerprint density at radius 1 is 0.340 bits per heavy atom. The van der Waals surface area contributed by atoms with Crippen molar-refractivity contribution in [2.75, 3.05) is 0 Å². The molecule has 0 spiro atoms. The van der Waals surface area contributed by atoms with Crippen molar-refractivity contribution in [1.29, 1.82) is 0 Å². The van der Waals surface area contributed by atoms with Gasteiger partial charge in [0.1, 0.15) is 22.7 Å². The second kappa shape index (κ2) is 11.2. The molecule has 0 bridgehead atoms. The molecule has 47 heavy (non-hydrogen) atoms. The predicted molar refractivity (Wildman–Crippen MR) is 197 cm³/mol. The van der Waals surface area contributed by atoms with E-state index in [-0.39, 0.29) is 0 Å². The maximum absolute atomic E-state index is 6.95. The third-order valence-electron chi connectivity index (χ3n) is 9.38. The number of rotatable bonds is 6. The minimum absolute atomic E-state index is 0.880. The number of allylic oxidation sites excluding steroid dienone is 2. The number of hydrogen-bond donors (Lipinski definition) is 0. The first kappa shape index (κ1) is 27.4. The van der Waals surface area contributed by atoms with E-state index in [0.29, 0.717) is 0 Å². The van der Waals surface area contributed by atoms with Crippen molar-refractivity contribution in [3.8, 4) is 0 Å². The summed E-state index contributed by atoms with van der Waals surface area (Å²) in [6.07, 6.45) is 0. The van der Waals surface area contributed by atoms with E-state index in [1.807, 2.05) is 12.1 Å². The number of hydrogen-bond acceptors (Lipinski definition) is 2. The first-order chi connectivity index (χ1) is 23.3. The smallest absolute Gasteiger partial charge is 0.189 e.